The summed E-state index contributed by atoms with van der Waals surface area (Å²) < 4.78 is 12.5. The van der Waals surface area contributed by atoms with E-state index in [1.807, 2.05) is 24.3 Å². The highest BCUT2D eigenvalue weighted by Gasteiger charge is 2.38. The average Bonchev–Trinajstić information content (AvgIpc) is 3.98. The molecule has 0 radical (unpaired) electrons. The van der Waals surface area contributed by atoms with Crippen molar-refractivity contribution < 1.29 is 8.83 Å². The summed E-state index contributed by atoms with van der Waals surface area (Å²) in [7, 11) is 0. The molecule has 0 aliphatic rings. The van der Waals surface area contributed by atoms with E-state index in [4.69, 9.17) is 8.83 Å². The summed E-state index contributed by atoms with van der Waals surface area (Å²) >= 11 is 0. The molecule has 0 aliphatic carbocycles. The molecule has 0 fully saturated rings. The van der Waals surface area contributed by atoms with Crippen LogP contribution in [0.2, 0.25) is 0 Å². The smallest absolute Gasteiger partial charge is 0.135 e. The van der Waals surface area contributed by atoms with Crippen molar-refractivity contribution in [2.75, 3.05) is 4.90 Å². The summed E-state index contributed by atoms with van der Waals surface area (Å²) in [6, 6.07) is 93.9. The third-order valence-corrected chi connectivity index (χ3v) is 13.8. The van der Waals surface area contributed by atoms with Crippen LogP contribution in [0.5, 0.6) is 0 Å². The van der Waals surface area contributed by atoms with Gasteiger partial charge in [0, 0.05) is 38.3 Å². The molecule has 13 rings (SSSR count). The lowest BCUT2D eigenvalue weighted by Crippen LogP contribution is -2.30. The van der Waals surface area contributed by atoms with Crippen molar-refractivity contribution in [2.45, 2.75) is 5.41 Å². The summed E-state index contributed by atoms with van der Waals surface area (Å²) in [5, 5.41) is 6.75. The SMILES string of the molecule is c1ccc(C(c2ccccc2)(c2ccccc2)c2ccc(-c3ccc(N(c4ccc(-c5ccc6oc7ccccc7c6c5)cc4)c4ccc5oc6ccccc6c5c4)c4ccccc34)cc2)cc1. The molecular formula is C65H43NO2. The van der Waals surface area contributed by atoms with E-state index in [-0.39, 0.29) is 0 Å². The van der Waals surface area contributed by atoms with E-state index in [9.17, 15) is 0 Å². The van der Waals surface area contributed by atoms with E-state index in [0.717, 1.165) is 83.0 Å². The Balaban J connectivity index is 0.947. The van der Waals surface area contributed by atoms with Gasteiger partial charge >= 0.3 is 0 Å². The zero-order valence-electron chi connectivity index (χ0n) is 37.1. The summed E-state index contributed by atoms with van der Waals surface area (Å²) in [4.78, 5) is 2.39. The van der Waals surface area contributed by atoms with Crippen molar-refractivity contribution in [3.05, 3.63) is 283 Å². The first kappa shape index (κ1) is 39.4. The first-order valence-corrected chi connectivity index (χ1v) is 23.2. The Bertz CT molecular complexity index is 3850. The number of para-hydroxylation sites is 2. The van der Waals surface area contributed by atoms with E-state index in [1.165, 1.54) is 33.2 Å². The molecule has 2 heterocycles. The van der Waals surface area contributed by atoms with Crippen LogP contribution in [-0.4, -0.2) is 0 Å². The van der Waals surface area contributed by atoms with Gasteiger partial charge in [-0.1, -0.05) is 200 Å². The van der Waals surface area contributed by atoms with E-state index >= 15 is 0 Å². The molecule has 0 saturated carbocycles. The fourth-order valence-electron chi connectivity index (χ4n) is 10.7. The van der Waals surface area contributed by atoms with E-state index in [2.05, 4.69) is 241 Å². The first-order valence-electron chi connectivity index (χ1n) is 23.2. The average molecular weight is 870 g/mol. The molecule has 0 unspecified atom stereocenters. The van der Waals surface area contributed by atoms with Gasteiger partial charge in [-0.25, -0.2) is 0 Å². The summed E-state index contributed by atoms with van der Waals surface area (Å²) in [6.07, 6.45) is 0. The minimum absolute atomic E-state index is 0.522. The lowest BCUT2D eigenvalue weighted by molar-refractivity contribution is 0.668. The van der Waals surface area contributed by atoms with Gasteiger partial charge in [-0.3, -0.25) is 0 Å². The van der Waals surface area contributed by atoms with E-state index in [0.29, 0.717) is 0 Å². The predicted octanol–water partition coefficient (Wildman–Crippen LogP) is 17.8. The van der Waals surface area contributed by atoms with Gasteiger partial charge in [0.2, 0.25) is 0 Å². The minimum Gasteiger partial charge on any atom is -0.456 e. The van der Waals surface area contributed by atoms with Gasteiger partial charge < -0.3 is 13.7 Å². The minimum atomic E-state index is -0.522. The van der Waals surface area contributed by atoms with Crippen LogP contribution in [0.15, 0.2) is 270 Å². The lowest BCUT2D eigenvalue weighted by Gasteiger charge is -2.37. The van der Waals surface area contributed by atoms with Crippen LogP contribution in [0.1, 0.15) is 22.3 Å². The van der Waals surface area contributed by atoms with Gasteiger partial charge in [0.1, 0.15) is 22.3 Å². The summed E-state index contributed by atoms with van der Waals surface area (Å²) in [5.74, 6) is 0. The fourth-order valence-corrected chi connectivity index (χ4v) is 10.7. The highest BCUT2D eigenvalue weighted by molar-refractivity contribution is 6.10. The zero-order valence-corrected chi connectivity index (χ0v) is 37.1. The largest absolute Gasteiger partial charge is 0.456 e. The van der Waals surface area contributed by atoms with Crippen LogP contribution >= 0.6 is 0 Å². The fraction of sp³-hybridized carbons (Fsp3) is 0.0154. The van der Waals surface area contributed by atoms with E-state index in [1.54, 1.807) is 0 Å². The molecule has 0 saturated heterocycles. The standard InChI is InChI=1S/C65H43NO2/c1-4-16-47(17-5-1)65(48-18-6-2-7-19-48,49-20-8-3-9-21-49)50-33-28-45(29-34-50)53-38-39-60(55-23-11-10-22-54(53)55)66(52-37-41-64-59(43-52)57-25-13-15-27-62(57)68-64)51-35-30-44(31-36-51)46-32-40-63-58(42-46)56-24-12-14-26-61(56)67-63/h1-43H. The molecular weight excluding hydrogens is 827 g/mol. The number of anilines is 3. The molecule has 13 aromatic rings. The van der Waals surface area contributed by atoms with Crippen molar-refractivity contribution in [3.63, 3.8) is 0 Å². The van der Waals surface area contributed by atoms with Crippen LogP contribution in [0.4, 0.5) is 17.1 Å². The number of furan rings is 2. The Morgan fingerprint density at radius 3 is 1.28 bits per heavy atom. The number of hydrogen-bond donors (Lipinski definition) is 0. The zero-order chi connectivity index (χ0) is 45.0. The molecule has 0 amide bonds. The van der Waals surface area contributed by atoms with Crippen LogP contribution in [-0.2, 0) is 5.41 Å². The van der Waals surface area contributed by atoms with E-state index < -0.39 is 5.41 Å². The Labute approximate surface area is 394 Å². The van der Waals surface area contributed by atoms with Crippen molar-refractivity contribution >= 4 is 71.7 Å². The maximum atomic E-state index is 6.33. The van der Waals surface area contributed by atoms with Crippen LogP contribution in [0.25, 0.3) is 76.9 Å². The third kappa shape index (κ3) is 6.43. The van der Waals surface area contributed by atoms with Gasteiger partial charge in [0.25, 0.3) is 0 Å². The maximum absolute atomic E-state index is 6.33. The molecule has 3 heteroatoms. The molecule has 2 aromatic heterocycles. The van der Waals surface area contributed by atoms with Gasteiger partial charge in [0.15, 0.2) is 0 Å². The molecule has 11 aromatic carbocycles. The molecule has 68 heavy (non-hydrogen) atoms. The second-order valence-corrected chi connectivity index (χ2v) is 17.6. The highest BCUT2D eigenvalue weighted by Crippen LogP contribution is 2.47. The molecule has 0 bridgehead atoms. The van der Waals surface area contributed by atoms with Gasteiger partial charge in [-0.05, 0) is 111 Å². The van der Waals surface area contributed by atoms with Crippen molar-refractivity contribution in [1.82, 2.24) is 0 Å². The Kier molecular flexibility index (Phi) is 9.40. The quantitative estimate of drug-likeness (QED) is 0.135. The Morgan fingerprint density at radius 2 is 0.691 bits per heavy atom. The number of nitrogens with zero attached hydrogens (tertiary/aromatic N) is 1. The van der Waals surface area contributed by atoms with Crippen LogP contribution < -0.4 is 4.90 Å². The number of fused-ring (bicyclic) bond motifs is 7. The normalized spacial score (nSPS) is 11.8. The first-order chi connectivity index (χ1) is 33.7. The van der Waals surface area contributed by atoms with Crippen molar-refractivity contribution in [1.29, 1.82) is 0 Å². The molecule has 0 spiro atoms. The Morgan fingerprint density at radius 1 is 0.265 bits per heavy atom. The third-order valence-electron chi connectivity index (χ3n) is 13.8. The number of hydrogen-bond acceptors (Lipinski definition) is 3. The molecule has 3 nitrogen and oxygen atoms in total. The van der Waals surface area contributed by atoms with Crippen molar-refractivity contribution in [2.24, 2.45) is 0 Å². The number of benzene rings is 11. The van der Waals surface area contributed by atoms with Gasteiger partial charge in [-0.15, -0.1) is 0 Å². The molecule has 0 atom stereocenters. The molecule has 320 valence electrons. The second kappa shape index (κ2) is 16.2. The number of rotatable bonds is 9. The lowest BCUT2D eigenvalue weighted by atomic mass is 9.65. The maximum Gasteiger partial charge on any atom is 0.135 e. The summed E-state index contributed by atoms with van der Waals surface area (Å²) in [6.45, 7) is 0. The topological polar surface area (TPSA) is 29.5 Å². The van der Waals surface area contributed by atoms with Gasteiger partial charge in [-0.2, -0.15) is 0 Å². The molecule has 0 aliphatic heterocycles. The predicted molar refractivity (Wildman–Crippen MR) is 282 cm³/mol. The monoisotopic (exact) mass is 869 g/mol. The molecule has 0 N–H and O–H groups in total. The van der Waals surface area contributed by atoms with Gasteiger partial charge in [0.05, 0.1) is 11.1 Å². The van der Waals surface area contributed by atoms with Crippen molar-refractivity contribution in [3.8, 4) is 22.3 Å². The highest BCUT2D eigenvalue weighted by atomic mass is 16.3. The van der Waals surface area contributed by atoms with Crippen LogP contribution in [0, 0.1) is 0 Å². The Hall–Kier alpha value is -8.92. The summed E-state index contributed by atoms with van der Waals surface area (Å²) in [5.41, 5.74) is 15.7. The second-order valence-electron chi connectivity index (χ2n) is 17.6. The van der Waals surface area contributed by atoms with Crippen LogP contribution in [0.3, 0.4) is 0 Å².